The van der Waals surface area contributed by atoms with Crippen LogP contribution in [0.4, 0.5) is 4.39 Å². The van der Waals surface area contributed by atoms with Gasteiger partial charge in [0.15, 0.2) is 0 Å². The lowest BCUT2D eigenvalue weighted by Crippen LogP contribution is -2.13. The Morgan fingerprint density at radius 3 is 2.50 bits per heavy atom. The normalized spacial score (nSPS) is 12.5. The Bertz CT molecular complexity index is 589. The third-order valence-electron chi connectivity index (χ3n) is 2.62. The van der Waals surface area contributed by atoms with Crippen LogP contribution in [0.1, 0.15) is 17.2 Å². The summed E-state index contributed by atoms with van der Waals surface area (Å²) in [6.45, 7) is 0. The van der Waals surface area contributed by atoms with Crippen LogP contribution in [0.3, 0.4) is 0 Å². The lowest BCUT2D eigenvalue weighted by molar-refractivity contribution is 0.593. The summed E-state index contributed by atoms with van der Waals surface area (Å²) in [6.07, 6.45) is 0. The molecular weight excluding hydrogens is 340 g/mol. The number of nitrogens with two attached hydrogens (primary N) is 1. The molecule has 2 aromatic rings. The van der Waals surface area contributed by atoms with Crippen molar-refractivity contribution in [3.8, 4) is 0 Å². The lowest BCUT2D eigenvalue weighted by Gasteiger charge is -2.14. The Hall–Kier alpha value is -0.610. The van der Waals surface area contributed by atoms with E-state index in [4.69, 9.17) is 28.9 Å². The minimum Gasteiger partial charge on any atom is -0.320 e. The topological polar surface area (TPSA) is 26.0 Å². The van der Waals surface area contributed by atoms with E-state index in [2.05, 4.69) is 15.9 Å². The van der Waals surface area contributed by atoms with Crippen LogP contribution in [-0.2, 0) is 0 Å². The van der Waals surface area contributed by atoms with E-state index in [1.54, 1.807) is 36.4 Å². The fourth-order valence-corrected chi connectivity index (χ4v) is 2.33. The maximum Gasteiger partial charge on any atom is 0.142 e. The first kappa shape index (κ1) is 13.8. The molecular formula is C13H9BrCl2FN. The SMILES string of the molecule is NC(c1ccc(Cl)c(Cl)c1)c1cccc(Br)c1F. The Kier molecular flexibility index (Phi) is 4.28. The highest BCUT2D eigenvalue weighted by atomic mass is 79.9. The van der Waals surface area contributed by atoms with Crippen molar-refractivity contribution in [1.82, 2.24) is 0 Å². The highest BCUT2D eigenvalue weighted by molar-refractivity contribution is 9.10. The summed E-state index contributed by atoms with van der Waals surface area (Å²) in [5.41, 5.74) is 7.16. The van der Waals surface area contributed by atoms with Gasteiger partial charge in [0, 0.05) is 5.56 Å². The van der Waals surface area contributed by atoms with Crippen molar-refractivity contribution in [3.05, 3.63) is 67.9 Å². The second-order valence-electron chi connectivity index (χ2n) is 3.79. The summed E-state index contributed by atoms with van der Waals surface area (Å²) in [6, 6.07) is 9.45. The molecule has 0 saturated carbocycles. The van der Waals surface area contributed by atoms with Gasteiger partial charge >= 0.3 is 0 Å². The van der Waals surface area contributed by atoms with Gasteiger partial charge in [-0.2, -0.15) is 0 Å². The first-order valence-electron chi connectivity index (χ1n) is 5.15. The van der Waals surface area contributed by atoms with Crippen molar-refractivity contribution in [1.29, 1.82) is 0 Å². The highest BCUT2D eigenvalue weighted by Crippen LogP contribution is 2.30. The van der Waals surface area contributed by atoms with Crippen LogP contribution in [0.2, 0.25) is 10.0 Å². The molecule has 1 atom stereocenters. The standard InChI is InChI=1S/C13H9BrCl2FN/c14-9-3-1-2-8(12(9)17)13(18)7-4-5-10(15)11(16)6-7/h1-6,13H,18H2. The molecule has 1 nitrogen and oxygen atoms in total. The van der Waals surface area contributed by atoms with Gasteiger partial charge in [-0.05, 0) is 39.7 Å². The maximum atomic E-state index is 13.9. The molecule has 18 heavy (non-hydrogen) atoms. The van der Waals surface area contributed by atoms with Gasteiger partial charge in [0.2, 0.25) is 0 Å². The summed E-state index contributed by atoms with van der Waals surface area (Å²) in [7, 11) is 0. The highest BCUT2D eigenvalue weighted by Gasteiger charge is 2.16. The second-order valence-corrected chi connectivity index (χ2v) is 5.46. The number of benzene rings is 2. The van der Waals surface area contributed by atoms with E-state index < -0.39 is 6.04 Å². The Morgan fingerprint density at radius 2 is 1.83 bits per heavy atom. The first-order valence-corrected chi connectivity index (χ1v) is 6.70. The molecule has 1 unspecified atom stereocenters. The van der Waals surface area contributed by atoms with Crippen LogP contribution in [-0.4, -0.2) is 0 Å². The molecule has 0 spiro atoms. The molecule has 0 fully saturated rings. The third-order valence-corrected chi connectivity index (χ3v) is 3.97. The average molecular weight is 349 g/mol. The smallest absolute Gasteiger partial charge is 0.142 e. The van der Waals surface area contributed by atoms with Crippen molar-refractivity contribution in [2.75, 3.05) is 0 Å². The zero-order chi connectivity index (χ0) is 13.3. The van der Waals surface area contributed by atoms with Crippen molar-refractivity contribution >= 4 is 39.1 Å². The van der Waals surface area contributed by atoms with Crippen LogP contribution in [0.5, 0.6) is 0 Å². The number of halogens is 4. The summed E-state index contributed by atoms with van der Waals surface area (Å²) in [4.78, 5) is 0. The molecule has 2 aromatic carbocycles. The van der Waals surface area contributed by atoms with Gasteiger partial charge in [-0.25, -0.2) is 4.39 Å². The summed E-state index contributed by atoms with van der Waals surface area (Å²) in [5.74, 6) is -0.365. The number of hydrogen-bond donors (Lipinski definition) is 1. The quantitative estimate of drug-likeness (QED) is 0.816. The van der Waals surface area contributed by atoms with Gasteiger partial charge in [0.05, 0.1) is 20.6 Å². The fourth-order valence-electron chi connectivity index (χ4n) is 1.65. The molecule has 2 N–H and O–H groups in total. The van der Waals surface area contributed by atoms with Crippen molar-refractivity contribution in [3.63, 3.8) is 0 Å². The predicted molar refractivity (Wildman–Crippen MR) is 76.6 cm³/mol. The Balaban J connectivity index is 2.44. The van der Waals surface area contributed by atoms with Crippen LogP contribution in [0, 0.1) is 5.82 Å². The fraction of sp³-hybridized carbons (Fsp3) is 0.0769. The molecule has 2 rings (SSSR count). The molecule has 0 aliphatic carbocycles. The maximum absolute atomic E-state index is 13.9. The van der Waals surface area contributed by atoms with Crippen LogP contribution in [0.15, 0.2) is 40.9 Å². The minimum atomic E-state index is -0.586. The van der Waals surface area contributed by atoms with Gasteiger partial charge in [-0.15, -0.1) is 0 Å². The average Bonchev–Trinajstić information content (AvgIpc) is 2.35. The third kappa shape index (κ3) is 2.69. The van der Waals surface area contributed by atoms with Crippen molar-refractivity contribution in [2.24, 2.45) is 5.73 Å². The van der Waals surface area contributed by atoms with E-state index in [0.717, 1.165) is 0 Å². The summed E-state index contributed by atoms with van der Waals surface area (Å²) in [5, 5.41) is 0.849. The molecule has 0 heterocycles. The van der Waals surface area contributed by atoms with Gasteiger partial charge in [0.25, 0.3) is 0 Å². The number of rotatable bonds is 2. The predicted octanol–water partition coefficient (Wildman–Crippen LogP) is 4.94. The molecule has 0 aliphatic rings. The van der Waals surface area contributed by atoms with Crippen molar-refractivity contribution in [2.45, 2.75) is 6.04 Å². The van der Waals surface area contributed by atoms with Crippen LogP contribution < -0.4 is 5.73 Å². The summed E-state index contributed by atoms with van der Waals surface area (Å²) >= 11 is 14.9. The second kappa shape index (κ2) is 5.57. The van der Waals surface area contributed by atoms with E-state index >= 15 is 0 Å². The molecule has 0 aromatic heterocycles. The van der Waals surface area contributed by atoms with Crippen molar-refractivity contribution < 1.29 is 4.39 Å². The molecule has 0 saturated heterocycles. The number of hydrogen-bond acceptors (Lipinski definition) is 1. The Labute approximate surface area is 123 Å². The molecule has 94 valence electrons. The van der Waals surface area contributed by atoms with E-state index in [-0.39, 0.29) is 5.82 Å². The molecule has 5 heteroatoms. The lowest BCUT2D eigenvalue weighted by atomic mass is 9.99. The van der Waals surface area contributed by atoms with Gasteiger partial charge in [-0.3, -0.25) is 0 Å². The first-order chi connectivity index (χ1) is 8.50. The van der Waals surface area contributed by atoms with E-state index in [0.29, 0.717) is 25.6 Å². The van der Waals surface area contributed by atoms with Crippen LogP contribution >= 0.6 is 39.1 Å². The monoisotopic (exact) mass is 347 g/mol. The molecule has 0 amide bonds. The summed E-state index contributed by atoms with van der Waals surface area (Å²) < 4.78 is 14.3. The van der Waals surface area contributed by atoms with E-state index in [9.17, 15) is 4.39 Å². The zero-order valence-corrected chi connectivity index (χ0v) is 12.2. The molecule has 0 bridgehead atoms. The van der Waals surface area contributed by atoms with Gasteiger partial charge < -0.3 is 5.73 Å². The largest absolute Gasteiger partial charge is 0.320 e. The van der Waals surface area contributed by atoms with E-state index in [1.165, 1.54) is 0 Å². The molecule has 0 radical (unpaired) electrons. The van der Waals surface area contributed by atoms with Gasteiger partial charge in [-0.1, -0.05) is 41.4 Å². The van der Waals surface area contributed by atoms with E-state index in [1.807, 2.05) is 0 Å². The molecule has 0 aliphatic heterocycles. The van der Waals surface area contributed by atoms with Crippen LogP contribution in [0.25, 0.3) is 0 Å². The Morgan fingerprint density at radius 1 is 1.11 bits per heavy atom. The van der Waals surface area contributed by atoms with Gasteiger partial charge in [0.1, 0.15) is 5.82 Å². The minimum absolute atomic E-state index is 0.365. The zero-order valence-electron chi connectivity index (χ0n) is 9.13.